The number of aromatic nitrogens is 2. The van der Waals surface area contributed by atoms with Gasteiger partial charge < -0.3 is 11.1 Å². The Morgan fingerprint density at radius 3 is 2.25 bits per heavy atom. The Hall–Kier alpha value is -3.88. The number of carbonyl (C=O) groups excluding carboxylic acids is 3. The second-order valence-electron chi connectivity index (χ2n) is 7.47. The van der Waals surface area contributed by atoms with Crippen LogP contribution in [-0.2, 0) is 16.0 Å². The summed E-state index contributed by atoms with van der Waals surface area (Å²) in [5.74, 6) is -3.01. The van der Waals surface area contributed by atoms with Crippen LogP contribution in [0.25, 0.3) is 11.3 Å². The van der Waals surface area contributed by atoms with E-state index in [9.17, 15) is 23.2 Å². The zero-order chi connectivity index (χ0) is 23.4. The standard InChI is InChI=1S/C23H22F2N4O3/c1-13-8-14(2)10-16(9-13)19-17(12-29(28-19)23(24)25)22(32)27-18(20(30)21(26)31)11-15-6-4-3-5-7-15/h3-10,12,18,23H,11H2,1-2H3,(H2,26,31)(H,27,32). The molecule has 1 unspecified atom stereocenters. The van der Waals surface area contributed by atoms with Crippen molar-refractivity contribution in [2.45, 2.75) is 32.9 Å². The second kappa shape index (κ2) is 9.51. The highest BCUT2D eigenvalue weighted by atomic mass is 19.3. The molecule has 2 amide bonds. The average Bonchev–Trinajstić information content (AvgIpc) is 3.19. The van der Waals surface area contributed by atoms with Crippen molar-refractivity contribution in [3.05, 3.63) is 77.0 Å². The van der Waals surface area contributed by atoms with E-state index < -0.39 is 30.2 Å². The van der Waals surface area contributed by atoms with E-state index in [-0.39, 0.29) is 17.7 Å². The number of alkyl halides is 2. The number of ketones is 1. The summed E-state index contributed by atoms with van der Waals surface area (Å²) in [6.45, 7) is 0.706. The Morgan fingerprint density at radius 2 is 1.69 bits per heavy atom. The first-order valence-electron chi connectivity index (χ1n) is 9.80. The molecule has 0 radical (unpaired) electrons. The molecule has 3 N–H and O–H groups in total. The van der Waals surface area contributed by atoms with Crippen molar-refractivity contribution >= 4 is 17.6 Å². The lowest BCUT2D eigenvalue weighted by Gasteiger charge is -2.16. The third-order valence-electron chi connectivity index (χ3n) is 4.82. The summed E-state index contributed by atoms with van der Waals surface area (Å²) in [7, 11) is 0. The number of nitrogens with one attached hydrogen (secondary N) is 1. The number of benzene rings is 2. The Bertz CT molecular complexity index is 1140. The summed E-state index contributed by atoms with van der Waals surface area (Å²) in [5, 5.41) is 6.35. The molecule has 0 aliphatic carbocycles. The van der Waals surface area contributed by atoms with Crippen LogP contribution in [-0.4, -0.2) is 33.4 Å². The molecule has 0 saturated carbocycles. The summed E-state index contributed by atoms with van der Waals surface area (Å²) in [6.07, 6.45) is 0.928. The van der Waals surface area contributed by atoms with Crippen molar-refractivity contribution < 1.29 is 23.2 Å². The van der Waals surface area contributed by atoms with Crippen molar-refractivity contribution in [2.24, 2.45) is 5.73 Å². The maximum atomic E-state index is 13.3. The van der Waals surface area contributed by atoms with Gasteiger partial charge in [0, 0.05) is 18.2 Å². The zero-order valence-corrected chi connectivity index (χ0v) is 17.5. The zero-order valence-electron chi connectivity index (χ0n) is 17.5. The van der Waals surface area contributed by atoms with E-state index in [1.54, 1.807) is 42.5 Å². The number of rotatable bonds is 8. The van der Waals surface area contributed by atoms with Gasteiger partial charge in [-0.1, -0.05) is 47.5 Å². The Labute approximate surface area is 183 Å². The molecular weight excluding hydrogens is 418 g/mol. The molecule has 9 heteroatoms. The molecule has 0 aliphatic rings. The van der Waals surface area contributed by atoms with E-state index in [2.05, 4.69) is 10.4 Å². The molecule has 1 aromatic heterocycles. The molecule has 0 bridgehead atoms. The molecule has 1 heterocycles. The van der Waals surface area contributed by atoms with E-state index in [0.29, 0.717) is 15.8 Å². The summed E-state index contributed by atoms with van der Waals surface area (Å²) >= 11 is 0. The van der Waals surface area contributed by atoms with Crippen LogP contribution in [0.1, 0.15) is 33.6 Å². The van der Waals surface area contributed by atoms with Crippen LogP contribution < -0.4 is 11.1 Å². The van der Waals surface area contributed by atoms with Crippen LogP contribution in [0.4, 0.5) is 8.78 Å². The summed E-state index contributed by atoms with van der Waals surface area (Å²) in [4.78, 5) is 36.9. The molecule has 0 spiro atoms. The van der Waals surface area contributed by atoms with Gasteiger partial charge >= 0.3 is 6.55 Å². The monoisotopic (exact) mass is 440 g/mol. The molecule has 2 aromatic carbocycles. The second-order valence-corrected chi connectivity index (χ2v) is 7.47. The summed E-state index contributed by atoms with van der Waals surface area (Å²) < 4.78 is 27.1. The highest BCUT2D eigenvalue weighted by Gasteiger charge is 2.28. The average molecular weight is 440 g/mol. The van der Waals surface area contributed by atoms with Crippen LogP contribution in [0.2, 0.25) is 0 Å². The Balaban J connectivity index is 1.98. The number of halogens is 2. The van der Waals surface area contributed by atoms with Crippen LogP contribution >= 0.6 is 0 Å². The number of hydrogen-bond acceptors (Lipinski definition) is 4. The first-order valence-corrected chi connectivity index (χ1v) is 9.80. The minimum absolute atomic E-state index is 0.0101. The van der Waals surface area contributed by atoms with Gasteiger partial charge in [0.1, 0.15) is 11.7 Å². The molecule has 0 aliphatic heterocycles. The minimum atomic E-state index is -2.96. The van der Waals surface area contributed by atoms with E-state index in [0.717, 1.165) is 17.3 Å². The number of carbonyl (C=O) groups is 3. The number of nitrogens with two attached hydrogens (primary N) is 1. The fourth-order valence-electron chi connectivity index (χ4n) is 3.45. The van der Waals surface area contributed by atoms with Gasteiger partial charge in [-0.15, -0.1) is 0 Å². The van der Waals surface area contributed by atoms with Crippen LogP contribution in [0, 0.1) is 13.8 Å². The number of primary amides is 1. The van der Waals surface area contributed by atoms with Gasteiger partial charge in [-0.25, -0.2) is 4.68 Å². The molecule has 0 saturated heterocycles. The van der Waals surface area contributed by atoms with E-state index >= 15 is 0 Å². The number of Topliss-reactive ketones (excluding diaryl/α,β-unsaturated/α-hetero) is 1. The molecular formula is C23H22F2N4O3. The minimum Gasteiger partial charge on any atom is -0.363 e. The third-order valence-corrected chi connectivity index (χ3v) is 4.82. The quantitative estimate of drug-likeness (QED) is 0.525. The number of amides is 2. The highest BCUT2D eigenvalue weighted by Crippen LogP contribution is 2.26. The van der Waals surface area contributed by atoms with E-state index in [1.165, 1.54) is 0 Å². The molecule has 0 fully saturated rings. The van der Waals surface area contributed by atoms with Crippen molar-refractivity contribution in [1.82, 2.24) is 15.1 Å². The number of nitrogens with zero attached hydrogens (tertiary/aromatic N) is 2. The molecule has 3 aromatic rings. The van der Waals surface area contributed by atoms with Crippen LogP contribution in [0.5, 0.6) is 0 Å². The fraction of sp³-hybridized carbons (Fsp3) is 0.217. The van der Waals surface area contributed by atoms with Crippen molar-refractivity contribution in [3.8, 4) is 11.3 Å². The normalized spacial score (nSPS) is 11.9. The Kier molecular flexibility index (Phi) is 6.77. The maximum Gasteiger partial charge on any atom is 0.333 e. The summed E-state index contributed by atoms with van der Waals surface area (Å²) in [5.41, 5.74) is 7.94. The van der Waals surface area contributed by atoms with Crippen molar-refractivity contribution in [1.29, 1.82) is 0 Å². The van der Waals surface area contributed by atoms with Gasteiger partial charge in [0.2, 0.25) is 5.78 Å². The SMILES string of the molecule is Cc1cc(C)cc(-c2nn(C(F)F)cc2C(=O)NC(Cc2ccccc2)C(=O)C(N)=O)c1. The van der Waals surface area contributed by atoms with E-state index in [1.807, 2.05) is 19.9 Å². The van der Waals surface area contributed by atoms with Gasteiger partial charge in [-0.3, -0.25) is 14.4 Å². The molecule has 166 valence electrons. The maximum absolute atomic E-state index is 13.3. The predicted octanol–water partition coefficient (Wildman–Crippen LogP) is 2.96. The van der Waals surface area contributed by atoms with Crippen LogP contribution in [0.15, 0.2) is 54.7 Å². The molecule has 32 heavy (non-hydrogen) atoms. The predicted molar refractivity (Wildman–Crippen MR) is 114 cm³/mol. The van der Waals surface area contributed by atoms with Gasteiger partial charge in [0.05, 0.1) is 5.56 Å². The first kappa shape index (κ1) is 22.8. The summed E-state index contributed by atoms with van der Waals surface area (Å²) in [6, 6.07) is 12.8. The lowest BCUT2D eigenvalue weighted by molar-refractivity contribution is -0.137. The number of aryl methyl sites for hydroxylation is 2. The van der Waals surface area contributed by atoms with E-state index in [4.69, 9.17) is 5.73 Å². The number of hydrogen-bond donors (Lipinski definition) is 2. The smallest absolute Gasteiger partial charge is 0.333 e. The van der Waals surface area contributed by atoms with Crippen molar-refractivity contribution in [2.75, 3.05) is 0 Å². The first-order chi connectivity index (χ1) is 15.2. The lowest BCUT2D eigenvalue weighted by Crippen LogP contribution is -2.47. The lowest BCUT2D eigenvalue weighted by atomic mass is 10.00. The van der Waals surface area contributed by atoms with Gasteiger partial charge in [0.15, 0.2) is 0 Å². The Morgan fingerprint density at radius 1 is 1.06 bits per heavy atom. The largest absolute Gasteiger partial charge is 0.363 e. The molecule has 3 rings (SSSR count). The fourth-order valence-corrected chi connectivity index (χ4v) is 3.45. The molecule has 1 atom stereocenters. The van der Waals surface area contributed by atoms with Crippen molar-refractivity contribution in [3.63, 3.8) is 0 Å². The molecule has 7 nitrogen and oxygen atoms in total. The van der Waals surface area contributed by atoms with Gasteiger partial charge in [-0.2, -0.15) is 13.9 Å². The topological polar surface area (TPSA) is 107 Å². The highest BCUT2D eigenvalue weighted by molar-refractivity contribution is 6.38. The van der Waals surface area contributed by atoms with Crippen LogP contribution in [0.3, 0.4) is 0 Å². The van der Waals surface area contributed by atoms with Gasteiger partial charge in [-0.05, 0) is 31.5 Å². The third kappa shape index (κ3) is 5.23. The van der Waals surface area contributed by atoms with Gasteiger partial charge in [0.25, 0.3) is 11.8 Å².